The summed E-state index contributed by atoms with van der Waals surface area (Å²) in [6, 6.07) is 14.2. The molecule has 0 aromatic heterocycles. The fourth-order valence-electron chi connectivity index (χ4n) is 2.68. The summed E-state index contributed by atoms with van der Waals surface area (Å²) in [7, 11) is 0. The second kappa shape index (κ2) is 13.1. The van der Waals surface area contributed by atoms with E-state index in [1.807, 2.05) is 51.1 Å². The van der Waals surface area contributed by atoms with Gasteiger partial charge in [0, 0.05) is 25.2 Å². The summed E-state index contributed by atoms with van der Waals surface area (Å²) in [5.74, 6) is 0.731. The molecule has 2 aromatic rings. The van der Waals surface area contributed by atoms with Gasteiger partial charge < -0.3 is 16.0 Å². The van der Waals surface area contributed by atoms with E-state index in [1.54, 1.807) is 6.07 Å². The lowest BCUT2D eigenvalue weighted by atomic mass is 10.1. The van der Waals surface area contributed by atoms with Crippen LogP contribution in [0.25, 0.3) is 0 Å². The van der Waals surface area contributed by atoms with Crippen molar-refractivity contribution >= 4 is 41.5 Å². The van der Waals surface area contributed by atoms with E-state index in [0.29, 0.717) is 31.4 Å². The van der Waals surface area contributed by atoms with Gasteiger partial charge in [-0.05, 0) is 48.2 Å². The molecular formula is C22H30FIN4O. The van der Waals surface area contributed by atoms with Crippen LogP contribution in [0.15, 0.2) is 53.5 Å². The summed E-state index contributed by atoms with van der Waals surface area (Å²) in [5.41, 5.74) is 2.62. The normalized spacial score (nSPS) is 11.0. The van der Waals surface area contributed by atoms with E-state index in [1.165, 1.54) is 12.1 Å². The Morgan fingerprint density at radius 1 is 1.07 bits per heavy atom. The van der Waals surface area contributed by atoms with Gasteiger partial charge >= 0.3 is 0 Å². The topological polar surface area (TPSA) is 65.5 Å². The van der Waals surface area contributed by atoms with Gasteiger partial charge in [-0.3, -0.25) is 4.79 Å². The standard InChI is InChI=1S/C22H29FN4O.HI/c1-4-24-22(25-14-17-7-5-9-19(23)12-17)26-15-18-8-6-10-20(13-18)27-21(28)11-16(2)3;/h5-10,12-13,16H,4,11,14-15H2,1-3H3,(H,27,28)(H2,24,25,26);1H. The average Bonchev–Trinajstić information content (AvgIpc) is 2.63. The van der Waals surface area contributed by atoms with Crippen LogP contribution in [-0.2, 0) is 17.9 Å². The number of guanidine groups is 1. The molecule has 0 aliphatic carbocycles. The molecule has 3 N–H and O–H groups in total. The van der Waals surface area contributed by atoms with Crippen molar-refractivity contribution in [1.29, 1.82) is 0 Å². The van der Waals surface area contributed by atoms with E-state index in [-0.39, 0.29) is 35.7 Å². The van der Waals surface area contributed by atoms with Crippen molar-refractivity contribution in [3.63, 3.8) is 0 Å². The van der Waals surface area contributed by atoms with Crippen LogP contribution in [0, 0.1) is 11.7 Å². The lowest BCUT2D eigenvalue weighted by Gasteiger charge is -2.13. The number of nitrogens with zero attached hydrogens (tertiary/aromatic N) is 1. The quantitative estimate of drug-likeness (QED) is 0.273. The van der Waals surface area contributed by atoms with Gasteiger partial charge in [-0.2, -0.15) is 0 Å². The van der Waals surface area contributed by atoms with Crippen LogP contribution >= 0.6 is 24.0 Å². The maximum atomic E-state index is 13.3. The average molecular weight is 512 g/mol. The Balaban J connectivity index is 0.00000420. The molecule has 2 rings (SSSR count). The first-order valence-corrected chi connectivity index (χ1v) is 9.61. The number of anilines is 1. The Hall–Kier alpha value is -2.16. The Morgan fingerprint density at radius 3 is 2.48 bits per heavy atom. The first kappa shape index (κ1) is 24.9. The van der Waals surface area contributed by atoms with E-state index in [0.717, 1.165) is 23.4 Å². The molecule has 0 fully saturated rings. The van der Waals surface area contributed by atoms with Crippen molar-refractivity contribution in [3.05, 3.63) is 65.5 Å². The molecule has 0 bridgehead atoms. The molecule has 0 aliphatic heterocycles. The van der Waals surface area contributed by atoms with Crippen LogP contribution in [-0.4, -0.2) is 18.4 Å². The molecule has 0 heterocycles. The lowest BCUT2D eigenvalue weighted by molar-refractivity contribution is -0.116. The third-order valence-electron chi connectivity index (χ3n) is 3.92. The van der Waals surface area contributed by atoms with Crippen molar-refractivity contribution in [2.45, 2.75) is 40.3 Å². The summed E-state index contributed by atoms with van der Waals surface area (Å²) >= 11 is 0. The van der Waals surface area contributed by atoms with Crippen LogP contribution < -0.4 is 16.0 Å². The van der Waals surface area contributed by atoms with E-state index in [4.69, 9.17) is 0 Å². The molecule has 0 atom stereocenters. The van der Waals surface area contributed by atoms with Crippen LogP contribution in [0.1, 0.15) is 38.3 Å². The van der Waals surface area contributed by atoms with Crippen molar-refractivity contribution in [2.24, 2.45) is 10.9 Å². The van der Waals surface area contributed by atoms with Gasteiger partial charge in [-0.1, -0.05) is 38.1 Å². The van der Waals surface area contributed by atoms with Gasteiger partial charge in [0.1, 0.15) is 5.82 Å². The summed E-state index contributed by atoms with van der Waals surface area (Å²) < 4.78 is 13.3. The summed E-state index contributed by atoms with van der Waals surface area (Å²) in [4.78, 5) is 16.4. The molecule has 0 spiro atoms. The second-order valence-corrected chi connectivity index (χ2v) is 7.03. The molecule has 7 heteroatoms. The lowest BCUT2D eigenvalue weighted by Crippen LogP contribution is -2.36. The third-order valence-corrected chi connectivity index (χ3v) is 3.92. The van der Waals surface area contributed by atoms with Crippen molar-refractivity contribution in [3.8, 4) is 0 Å². The maximum absolute atomic E-state index is 13.3. The fraction of sp³-hybridized carbons (Fsp3) is 0.364. The molecule has 0 unspecified atom stereocenters. The smallest absolute Gasteiger partial charge is 0.224 e. The summed E-state index contributed by atoms with van der Waals surface area (Å²) in [6.45, 7) is 7.70. The zero-order chi connectivity index (χ0) is 20.4. The van der Waals surface area contributed by atoms with E-state index >= 15 is 0 Å². The maximum Gasteiger partial charge on any atom is 0.224 e. The minimum Gasteiger partial charge on any atom is -0.357 e. The second-order valence-electron chi connectivity index (χ2n) is 7.03. The Bertz CT molecular complexity index is 811. The number of aliphatic imine (C=N–C) groups is 1. The van der Waals surface area contributed by atoms with E-state index in [2.05, 4.69) is 20.9 Å². The molecule has 29 heavy (non-hydrogen) atoms. The number of benzene rings is 2. The molecule has 2 aromatic carbocycles. The molecule has 0 saturated carbocycles. The van der Waals surface area contributed by atoms with Crippen LogP contribution in [0.4, 0.5) is 10.1 Å². The number of hydrogen-bond donors (Lipinski definition) is 3. The third kappa shape index (κ3) is 9.74. The largest absolute Gasteiger partial charge is 0.357 e. The zero-order valence-electron chi connectivity index (χ0n) is 17.2. The van der Waals surface area contributed by atoms with Gasteiger partial charge in [0.25, 0.3) is 0 Å². The molecule has 0 saturated heterocycles. The van der Waals surface area contributed by atoms with Crippen LogP contribution in [0.5, 0.6) is 0 Å². The van der Waals surface area contributed by atoms with Gasteiger partial charge in [0.2, 0.25) is 5.91 Å². The van der Waals surface area contributed by atoms with Gasteiger partial charge in [0.05, 0.1) is 6.54 Å². The van der Waals surface area contributed by atoms with Gasteiger partial charge in [-0.25, -0.2) is 9.38 Å². The molecule has 0 radical (unpaired) electrons. The Kier molecular flexibility index (Phi) is 11.3. The highest BCUT2D eigenvalue weighted by atomic mass is 127. The number of carbonyl (C=O) groups is 1. The molecule has 1 amide bonds. The van der Waals surface area contributed by atoms with Crippen LogP contribution in [0.2, 0.25) is 0 Å². The first-order chi connectivity index (χ1) is 13.5. The van der Waals surface area contributed by atoms with Crippen molar-refractivity contribution < 1.29 is 9.18 Å². The number of halogens is 2. The Morgan fingerprint density at radius 2 is 1.79 bits per heavy atom. The number of carbonyl (C=O) groups excluding carboxylic acids is 1. The molecule has 158 valence electrons. The van der Waals surface area contributed by atoms with Crippen molar-refractivity contribution in [2.75, 3.05) is 11.9 Å². The number of rotatable bonds is 8. The highest BCUT2D eigenvalue weighted by Crippen LogP contribution is 2.12. The van der Waals surface area contributed by atoms with E-state index < -0.39 is 0 Å². The fourth-order valence-corrected chi connectivity index (χ4v) is 2.68. The number of amides is 1. The number of hydrogen-bond acceptors (Lipinski definition) is 2. The van der Waals surface area contributed by atoms with Gasteiger partial charge in [-0.15, -0.1) is 24.0 Å². The summed E-state index contributed by atoms with van der Waals surface area (Å²) in [6.07, 6.45) is 0.500. The number of nitrogens with one attached hydrogen (secondary N) is 3. The Labute approximate surface area is 189 Å². The van der Waals surface area contributed by atoms with Crippen molar-refractivity contribution in [1.82, 2.24) is 10.6 Å². The minimum atomic E-state index is -0.262. The van der Waals surface area contributed by atoms with Gasteiger partial charge in [0.15, 0.2) is 5.96 Å². The summed E-state index contributed by atoms with van der Waals surface area (Å²) in [5, 5.41) is 9.38. The zero-order valence-corrected chi connectivity index (χ0v) is 19.5. The molecular weight excluding hydrogens is 482 g/mol. The predicted octanol–water partition coefficient (Wildman–Crippen LogP) is 4.68. The minimum absolute atomic E-state index is 0. The molecule has 5 nitrogen and oxygen atoms in total. The highest BCUT2D eigenvalue weighted by Gasteiger charge is 2.06. The first-order valence-electron chi connectivity index (χ1n) is 9.61. The predicted molar refractivity (Wildman–Crippen MR) is 128 cm³/mol. The monoisotopic (exact) mass is 512 g/mol. The van der Waals surface area contributed by atoms with Crippen LogP contribution in [0.3, 0.4) is 0 Å². The highest BCUT2D eigenvalue weighted by molar-refractivity contribution is 14.0. The SMILES string of the molecule is CCNC(=NCc1cccc(F)c1)NCc1cccc(NC(=O)CC(C)C)c1.I. The van der Waals surface area contributed by atoms with E-state index in [9.17, 15) is 9.18 Å². The molecule has 0 aliphatic rings.